The van der Waals surface area contributed by atoms with Crippen LogP contribution >= 0.6 is 0 Å². The van der Waals surface area contributed by atoms with Crippen molar-refractivity contribution in [1.82, 2.24) is 19.4 Å². The van der Waals surface area contributed by atoms with E-state index in [0.717, 1.165) is 31.2 Å². The van der Waals surface area contributed by atoms with Crippen LogP contribution in [-0.4, -0.2) is 55.8 Å². The Kier molecular flexibility index (Phi) is 4.55. The van der Waals surface area contributed by atoms with E-state index >= 15 is 0 Å². The first-order valence-electron chi connectivity index (χ1n) is 9.31. The van der Waals surface area contributed by atoms with Crippen LogP contribution in [-0.2, 0) is 7.05 Å². The fourth-order valence-corrected chi connectivity index (χ4v) is 4.31. The first-order valence-corrected chi connectivity index (χ1v) is 9.31. The first kappa shape index (κ1) is 17.5. The average molecular weight is 369 g/mol. The zero-order valence-corrected chi connectivity index (χ0v) is 15.3. The molecule has 1 saturated heterocycles. The molecular formula is C19H23N5O3. The third kappa shape index (κ3) is 3.15. The molecule has 142 valence electrons. The van der Waals surface area contributed by atoms with Gasteiger partial charge in [0.25, 0.3) is 5.56 Å². The van der Waals surface area contributed by atoms with Gasteiger partial charge in [0.05, 0.1) is 17.8 Å². The molecule has 3 heterocycles. The Morgan fingerprint density at radius 3 is 2.56 bits per heavy atom. The number of aromatic nitrogens is 3. The molecule has 2 fully saturated rings. The zero-order valence-electron chi connectivity index (χ0n) is 15.3. The number of nitrogens with zero attached hydrogens (tertiary/aromatic N) is 5. The Morgan fingerprint density at radius 1 is 1.15 bits per heavy atom. The van der Waals surface area contributed by atoms with E-state index in [1.165, 1.54) is 6.07 Å². The van der Waals surface area contributed by atoms with Gasteiger partial charge in [-0.25, -0.2) is 9.78 Å². The van der Waals surface area contributed by atoms with Crippen LogP contribution in [0.5, 0.6) is 0 Å². The highest BCUT2D eigenvalue weighted by Gasteiger charge is 2.41. The molecule has 1 N–H and O–H groups in total. The molecule has 8 nitrogen and oxygen atoms in total. The minimum Gasteiger partial charge on any atom is -0.465 e. The van der Waals surface area contributed by atoms with Crippen molar-refractivity contribution in [3.05, 3.63) is 40.9 Å². The lowest BCUT2D eigenvalue weighted by Gasteiger charge is -2.49. The Balaban J connectivity index is 1.75. The number of fused-ring (bicyclic) bond motifs is 1. The van der Waals surface area contributed by atoms with Crippen LogP contribution in [0.1, 0.15) is 25.7 Å². The van der Waals surface area contributed by atoms with Gasteiger partial charge in [-0.3, -0.25) is 14.3 Å². The van der Waals surface area contributed by atoms with Crippen LogP contribution in [0, 0.1) is 0 Å². The van der Waals surface area contributed by atoms with Crippen LogP contribution in [0.25, 0.3) is 11.3 Å². The van der Waals surface area contributed by atoms with Gasteiger partial charge in [-0.05, 0) is 25.0 Å². The number of pyridine rings is 1. The van der Waals surface area contributed by atoms with Gasteiger partial charge in [-0.1, -0.05) is 12.8 Å². The maximum atomic E-state index is 12.6. The van der Waals surface area contributed by atoms with Crippen LogP contribution < -0.4 is 10.5 Å². The molecule has 0 unspecified atom stereocenters. The number of carbonyl (C=O) groups is 1. The predicted molar refractivity (Wildman–Crippen MR) is 101 cm³/mol. The van der Waals surface area contributed by atoms with Crippen LogP contribution in [0.3, 0.4) is 0 Å². The second-order valence-electron chi connectivity index (χ2n) is 7.16. The lowest BCUT2D eigenvalue weighted by Crippen LogP contribution is -2.62. The van der Waals surface area contributed by atoms with E-state index in [-0.39, 0.29) is 17.6 Å². The van der Waals surface area contributed by atoms with Crippen molar-refractivity contribution in [3.8, 4) is 11.3 Å². The summed E-state index contributed by atoms with van der Waals surface area (Å²) in [6, 6.07) is 5.19. The molecule has 0 spiro atoms. The molecule has 4 rings (SSSR count). The van der Waals surface area contributed by atoms with E-state index < -0.39 is 6.09 Å². The van der Waals surface area contributed by atoms with Crippen molar-refractivity contribution in [3.63, 3.8) is 0 Å². The molecule has 27 heavy (non-hydrogen) atoms. The van der Waals surface area contributed by atoms with E-state index in [2.05, 4.69) is 9.88 Å². The lowest BCUT2D eigenvalue weighted by molar-refractivity contribution is 0.0868. The molecule has 1 saturated carbocycles. The standard InChI is InChI=1S/C19H23N5O3/c1-22-17(25)12-14(13-6-8-20-9-7-13)21-18(22)23-10-11-24(19(26)27)16-5-3-2-4-15(16)23/h6-9,12,15-16H,2-5,10-11H2,1H3,(H,26,27)/t15-,16-/m1/s1. The number of carboxylic acid groups (broad SMARTS) is 1. The number of piperazine rings is 1. The highest BCUT2D eigenvalue weighted by Crippen LogP contribution is 2.33. The summed E-state index contributed by atoms with van der Waals surface area (Å²) in [6.07, 6.45) is 6.34. The molecule has 8 heteroatoms. The average Bonchev–Trinajstić information content (AvgIpc) is 2.70. The smallest absolute Gasteiger partial charge is 0.407 e. The SMILES string of the molecule is Cn1c(N2CCN(C(=O)O)[C@@H]3CCCC[C@H]32)nc(-c2ccncc2)cc1=O. The number of hydrogen-bond acceptors (Lipinski definition) is 5. The summed E-state index contributed by atoms with van der Waals surface area (Å²) in [5, 5.41) is 9.56. The zero-order chi connectivity index (χ0) is 19.0. The second-order valence-corrected chi connectivity index (χ2v) is 7.16. The Labute approximate surface area is 157 Å². The summed E-state index contributed by atoms with van der Waals surface area (Å²) in [4.78, 5) is 36.7. The normalized spacial score (nSPS) is 22.4. The lowest BCUT2D eigenvalue weighted by atomic mass is 9.86. The largest absolute Gasteiger partial charge is 0.465 e. The summed E-state index contributed by atoms with van der Waals surface area (Å²) in [7, 11) is 1.72. The van der Waals surface area contributed by atoms with Crippen molar-refractivity contribution in [2.75, 3.05) is 18.0 Å². The quantitative estimate of drug-likeness (QED) is 0.870. The highest BCUT2D eigenvalue weighted by molar-refractivity contribution is 5.66. The third-order valence-corrected chi connectivity index (χ3v) is 5.67. The van der Waals surface area contributed by atoms with Gasteiger partial charge in [0.2, 0.25) is 5.95 Å². The van der Waals surface area contributed by atoms with E-state index in [1.807, 2.05) is 12.1 Å². The summed E-state index contributed by atoms with van der Waals surface area (Å²) in [6.45, 7) is 0.958. The van der Waals surface area contributed by atoms with Gasteiger partial charge >= 0.3 is 6.09 Å². The van der Waals surface area contributed by atoms with E-state index in [9.17, 15) is 14.7 Å². The maximum Gasteiger partial charge on any atom is 0.407 e. The molecule has 0 radical (unpaired) electrons. The fourth-order valence-electron chi connectivity index (χ4n) is 4.31. The number of hydrogen-bond donors (Lipinski definition) is 1. The Morgan fingerprint density at radius 2 is 1.85 bits per heavy atom. The van der Waals surface area contributed by atoms with Gasteiger partial charge < -0.3 is 14.9 Å². The van der Waals surface area contributed by atoms with E-state index in [1.54, 1.807) is 28.9 Å². The molecular weight excluding hydrogens is 346 g/mol. The maximum absolute atomic E-state index is 12.6. The van der Waals surface area contributed by atoms with E-state index in [0.29, 0.717) is 24.7 Å². The van der Waals surface area contributed by atoms with Gasteiger partial charge in [-0.2, -0.15) is 0 Å². The number of anilines is 1. The topological polar surface area (TPSA) is 91.6 Å². The van der Waals surface area contributed by atoms with Crippen molar-refractivity contribution in [2.45, 2.75) is 37.8 Å². The molecule has 2 aliphatic rings. The molecule has 2 atom stereocenters. The summed E-state index contributed by atoms with van der Waals surface area (Å²) >= 11 is 0. The molecule has 2 aromatic rings. The highest BCUT2D eigenvalue weighted by atomic mass is 16.4. The van der Waals surface area contributed by atoms with Crippen molar-refractivity contribution in [1.29, 1.82) is 0 Å². The van der Waals surface area contributed by atoms with Crippen LogP contribution in [0.15, 0.2) is 35.4 Å². The van der Waals surface area contributed by atoms with Gasteiger partial charge in [0.1, 0.15) is 0 Å². The summed E-state index contributed by atoms with van der Waals surface area (Å²) in [5.74, 6) is 0.608. The molecule has 0 aromatic carbocycles. The van der Waals surface area contributed by atoms with E-state index in [4.69, 9.17) is 4.98 Å². The summed E-state index contributed by atoms with van der Waals surface area (Å²) < 4.78 is 1.56. The minimum absolute atomic E-state index is 0.0496. The van der Waals surface area contributed by atoms with Crippen molar-refractivity contribution < 1.29 is 9.90 Å². The monoisotopic (exact) mass is 369 g/mol. The molecule has 2 aromatic heterocycles. The van der Waals surface area contributed by atoms with Crippen molar-refractivity contribution >= 4 is 12.0 Å². The molecule has 1 aliphatic heterocycles. The number of amides is 1. The van der Waals surface area contributed by atoms with Crippen molar-refractivity contribution in [2.24, 2.45) is 7.05 Å². The second kappa shape index (κ2) is 7.02. The summed E-state index contributed by atoms with van der Waals surface area (Å²) in [5.41, 5.74) is 1.33. The minimum atomic E-state index is -0.862. The molecule has 1 amide bonds. The van der Waals surface area contributed by atoms with Crippen LogP contribution in [0.4, 0.5) is 10.7 Å². The first-order chi connectivity index (χ1) is 13.1. The number of rotatable bonds is 2. The Bertz CT molecular complexity index is 898. The van der Waals surface area contributed by atoms with Crippen LogP contribution in [0.2, 0.25) is 0 Å². The third-order valence-electron chi connectivity index (χ3n) is 5.67. The predicted octanol–water partition coefficient (Wildman–Crippen LogP) is 1.95. The fraction of sp³-hybridized carbons (Fsp3) is 0.474. The molecule has 0 bridgehead atoms. The van der Waals surface area contributed by atoms with Gasteiger partial charge in [-0.15, -0.1) is 0 Å². The van der Waals surface area contributed by atoms with Gasteiger partial charge in [0, 0.05) is 44.2 Å². The van der Waals surface area contributed by atoms with Gasteiger partial charge in [0.15, 0.2) is 0 Å². The molecule has 1 aliphatic carbocycles. The Hall–Kier alpha value is -2.90.